The summed E-state index contributed by atoms with van der Waals surface area (Å²) in [6.45, 7) is 4.49. The Balaban J connectivity index is 1.52. The number of amides is 2. The van der Waals surface area contributed by atoms with Gasteiger partial charge in [-0.2, -0.15) is 0 Å². The number of rotatable bonds is 5. The van der Waals surface area contributed by atoms with Crippen molar-refractivity contribution >= 4 is 17.5 Å². The van der Waals surface area contributed by atoms with Gasteiger partial charge in [0, 0.05) is 25.0 Å². The molecule has 0 aliphatic carbocycles. The molecule has 1 aliphatic heterocycles. The van der Waals surface area contributed by atoms with Crippen LogP contribution in [0.4, 0.5) is 16.3 Å². The molecule has 1 fully saturated rings. The van der Waals surface area contributed by atoms with Gasteiger partial charge in [-0.25, -0.2) is 14.8 Å². The molecule has 0 bridgehead atoms. The second kappa shape index (κ2) is 8.46. The number of hydrogen-bond acceptors (Lipinski definition) is 4. The third-order valence-electron chi connectivity index (χ3n) is 4.40. The van der Waals surface area contributed by atoms with Crippen molar-refractivity contribution in [3.63, 3.8) is 0 Å². The number of anilines is 2. The zero-order valence-electron chi connectivity index (χ0n) is 14.7. The molecule has 0 unspecified atom stereocenters. The van der Waals surface area contributed by atoms with Crippen LogP contribution in [0.5, 0.6) is 0 Å². The van der Waals surface area contributed by atoms with E-state index in [1.165, 1.54) is 24.8 Å². The normalized spacial score (nSPS) is 14.2. The second-order valence-electron chi connectivity index (χ2n) is 6.24. The Morgan fingerprint density at radius 2 is 1.88 bits per heavy atom. The summed E-state index contributed by atoms with van der Waals surface area (Å²) in [5, 5.41) is 5.64. The molecular formula is C19H25N5O. The van der Waals surface area contributed by atoms with E-state index in [2.05, 4.69) is 32.4 Å². The molecule has 132 valence electrons. The molecular weight excluding hydrogens is 314 g/mol. The maximum Gasteiger partial charge on any atom is 0.319 e. The van der Waals surface area contributed by atoms with Gasteiger partial charge in [0.1, 0.15) is 11.6 Å². The molecule has 0 spiro atoms. The van der Waals surface area contributed by atoms with Crippen LogP contribution in [0.3, 0.4) is 0 Å². The van der Waals surface area contributed by atoms with Gasteiger partial charge in [0.05, 0.1) is 6.54 Å². The minimum absolute atomic E-state index is 0.253. The molecule has 2 heterocycles. The topological polar surface area (TPSA) is 70.2 Å². The van der Waals surface area contributed by atoms with Crippen molar-refractivity contribution in [3.05, 3.63) is 47.9 Å². The van der Waals surface area contributed by atoms with Gasteiger partial charge >= 0.3 is 6.03 Å². The Labute approximate surface area is 148 Å². The number of carbonyl (C=O) groups is 1. The predicted octanol–water partition coefficient (Wildman–Crippen LogP) is 3.35. The van der Waals surface area contributed by atoms with Crippen LogP contribution in [-0.4, -0.2) is 29.1 Å². The summed E-state index contributed by atoms with van der Waals surface area (Å²) in [4.78, 5) is 23.1. The Morgan fingerprint density at radius 3 is 2.60 bits per heavy atom. The lowest BCUT2D eigenvalue weighted by Gasteiger charge is -2.27. The number of nitrogens with one attached hydrogen (secondary N) is 2. The van der Waals surface area contributed by atoms with Gasteiger partial charge in [-0.05, 0) is 49.4 Å². The summed E-state index contributed by atoms with van der Waals surface area (Å²) in [6, 6.07) is 9.53. The highest BCUT2D eigenvalue weighted by atomic mass is 16.2. The molecule has 6 heteroatoms. The molecule has 0 atom stereocenters. The van der Waals surface area contributed by atoms with E-state index in [-0.39, 0.29) is 6.03 Å². The van der Waals surface area contributed by atoms with Crippen molar-refractivity contribution in [2.45, 2.75) is 39.2 Å². The maximum absolute atomic E-state index is 12.0. The molecule has 1 aromatic heterocycles. The van der Waals surface area contributed by atoms with Crippen LogP contribution in [0.25, 0.3) is 0 Å². The lowest BCUT2D eigenvalue weighted by atomic mass is 10.1. The quantitative estimate of drug-likeness (QED) is 0.876. The highest BCUT2D eigenvalue weighted by Gasteiger charge is 2.13. The van der Waals surface area contributed by atoms with Crippen molar-refractivity contribution in [2.24, 2.45) is 0 Å². The van der Waals surface area contributed by atoms with Crippen LogP contribution < -0.4 is 15.5 Å². The van der Waals surface area contributed by atoms with Crippen molar-refractivity contribution < 1.29 is 4.79 Å². The van der Waals surface area contributed by atoms with Crippen LogP contribution in [0.15, 0.2) is 36.5 Å². The fraction of sp³-hybridized carbons (Fsp3) is 0.421. The van der Waals surface area contributed by atoms with Gasteiger partial charge in [0.15, 0.2) is 0 Å². The number of nitrogens with zero attached hydrogens (tertiary/aromatic N) is 3. The Morgan fingerprint density at radius 1 is 1.12 bits per heavy atom. The van der Waals surface area contributed by atoms with Gasteiger partial charge in [-0.1, -0.05) is 19.1 Å². The van der Waals surface area contributed by atoms with Crippen LogP contribution in [-0.2, 0) is 13.0 Å². The van der Waals surface area contributed by atoms with Crippen molar-refractivity contribution in [2.75, 3.05) is 23.3 Å². The number of piperidine rings is 1. The molecule has 2 aromatic rings. The largest absolute Gasteiger partial charge is 0.357 e. The second-order valence-corrected chi connectivity index (χ2v) is 6.24. The van der Waals surface area contributed by atoms with Gasteiger partial charge in [0.2, 0.25) is 0 Å². The Kier molecular flexibility index (Phi) is 5.82. The van der Waals surface area contributed by atoms with Crippen LogP contribution in [0.1, 0.15) is 37.6 Å². The van der Waals surface area contributed by atoms with Crippen molar-refractivity contribution in [1.82, 2.24) is 15.3 Å². The molecule has 0 saturated carbocycles. The number of carbonyl (C=O) groups excluding carboxylic acids is 1. The van der Waals surface area contributed by atoms with E-state index in [1.807, 2.05) is 30.3 Å². The van der Waals surface area contributed by atoms with E-state index in [1.54, 1.807) is 6.20 Å². The molecule has 2 amide bonds. The summed E-state index contributed by atoms with van der Waals surface area (Å²) in [6.07, 6.45) is 6.44. The van der Waals surface area contributed by atoms with Gasteiger partial charge in [0.25, 0.3) is 0 Å². The minimum atomic E-state index is -0.253. The first-order valence-corrected chi connectivity index (χ1v) is 8.95. The molecule has 1 saturated heterocycles. The number of hydrogen-bond donors (Lipinski definition) is 2. The number of urea groups is 1. The lowest BCUT2D eigenvalue weighted by Crippen LogP contribution is -2.31. The first kappa shape index (κ1) is 17.2. The smallest absolute Gasteiger partial charge is 0.319 e. The van der Waals surface area contributed by atoms with Crippen LogP contribution >= 0.6 is 0 Å². The number of aromatic nitrogens is 2. The standard InChI is InChI=1S/C19H25N5O/c1-2-15-6-8-16(9-7-15)22-19(25)21-14-17-20-11-10-18(23-17)24-12-4-3-5-13-24/h6-11H,2-5,12-14H2,1H3,(H2,21,22,25). The van der Waals surface area contributed by atoms with Crippen molar-refractivity contribution in [3.8, 4) is 0 Å². The molecule has 0 radical (unpaired) electrons. The first-order valence-electron chi connectivity index (χ1n) is 8.95. The molecule has 1 aromatic carbocycles. The van der Waals surface area contributed by atoms with E-state index < -0.39 is 0 Å². The first-order chi connectivity index (χ1) is 12.2. The van der Waals surface area contributed by atoms with E-state index >= 15 is 0 Å². The third kappa shape index (κ3) is 4.92. The van der Waals surface area contributed by atoms with Gasteiger partial charge < -0.3 is 15.5 Å². The Hall–Kier alpha value is -2.63. The molecule has 3 rings (SSSR count). The Bertz CT molecular complexity index is 695. The summed E-state index contributed by atoms with van der Waals surface area (Å²) < 4.78 is 0. The highest BCUT2D eigenvalue weighted by molar-refractivity contribution is 5.89. The fourth-order valence-corrected chi connectivity index (χ4v) is 2.93. The van der Waals surface area contributed by atoms with Crippen molar-refractivity contribution in [1.29, 1.82) is 0 Å². The number of aryl methyl sites for hydroxylation is 1. The summed E-state index contributed by atoms with van der Waals surface area (Å²) in [7, 11) is 0. The van der Waals surface area contributed by atoms with E-state index in [9.17, 15) is 4.79 Å². The lowest BCUT2D eigenvalue weighted by molar-refractivity contribution is 0.251. The monoisotopic (exact) mass is 339 g/mol. The number of benzene rings is 1. The van der Waals surface area contributed by atoms with Crippen LogP contribution in [0.2, 0.25) is 0 Å². The average molecular weight is 339 g/mol. The van der Waals surface area contributed by atoms with E-state index in [0.29, 0.717) is 12.4 Å². The molecule has 2 N–H and O–H groups in total. The SMILES string of the molecule is CCc1ccc(NC(=O)NCc2nccc(N3CCCCC3)n2)cc1. The molecule has 6 nitrogen and oxygen atoms in total. The molecule has 25 heavy (non-hydrogen) atoms. The summed E-state index contributed by atoms with van der Waals surface area (Å²) in [5.74, 6) is 1.57. The average Bonchev–Trinajstić information content (AvgIpc) is 2.68. The highest BCUT2D eigenvalue weighted by Crippen LogP contribution is 2.16. The van der Waals surface area contributed by atoms with Gasteiger partial charge in [-0.15, -0.1) is 0 Å². The van der Waals surface area contributed by atoms with Gasteiger partial charge in [-0.3, -0.25) is 0 Å². The zero-order chi connectivity index (χ0) is 17.5. The van der Waals surface area contributed by atoms with Crippen LogP contribution in [0, 0.1) is 0 Å². The zero-order valence-corrected chi connectivity index (χ0v) is 14.7. The maximum atomic E-state index is 12.0. The summed E-state index contributed by atoms with van der Waals surface area (Å²) >= 11 is 0. The summed E-state index contributed by atoms with van der Waals surface area (Å²) in [5.41, 5.74) is 2.02. The molecule has 1 aliphatic rings. The van der Waals surface area contributed by atoms with E-state index in [4.69, 9.17) is 0 Å². The minimum Gasteiger partial charge on any atom is -0.357 e. The predicted molar refractivity (Wildman–Crippen MR) is 99.8 cm³/mol. The fourth-order valence-electron chi connectivity index (χ4n) is 2.93. The van der Waals surface area contributed by atoms with E-state index in [0.717, 1.165) is 31.0 Å². The third-order valence-corrected chi connectivity index (χ3v) is 4.40.